The smallest absolute Gasteiger partial charge is 0.324 e. The van der Waals surface area contributed by atoms with E-state index in [0.717, 1.165) is 61.9 Å². The van der Waals surface area contributed by atoms with Crippen LogP contribution in [0.4, 0.5) is 0 Å². The molecule has 13 heteroatoms. The Morgan fingerprint density at radius 1 is 1.14 bits per heavy atom. The zero-order valence-electron chi connectivity index (χ0n) is 33.5. The van der Waals surface area contributed by atoms with E-state index in [1.54, 1.807) is 19.5 Å². The second-order valence-corrected chi connectivity index (χ2v) is 17.4. The van der Waals surface area contributed by atoms with Gasteiger partial charge in [0.05, 0.1) is 34.8 Å². The molecule has 2 amide bonds. The Kier molecular flexibility index (Phi) is 10.7. The van der Waals surface area contributed by atoms with Gasteiger partial charge in [-0.2, -0.15) is 0 Å². The topological polar surface area (TPSA) is 141 Å². The molecule has 2 fully saturated rings. The number of carbonyl (C=O) groups is 3. The number of fused-ring (bicyclic) bond motifs is 6. The van der Waals surface area contributed by atoms with E-state index in [-0.39, 0.29) is 48.7 Å². The van der Waals surface area contributed by atoms with Crippen LogP contribution in [0.15, 0.2) is 66.3 Å². The summed E-state index contributed by atoms with van der Waals surface area (Å²) in [7, 11) is 1.70. The lowest BCUT2D eigenvalue weighted by Crippen LogP contribution is -2.60. The maximum atomic E-state index is 14.3. The van der Waals surface area contributed by atoms with E-state index < -0.39 is 23.5 Å². The molecule has 12 nitrogen and oxygen atoms in total. The van der Waals surface area contributed by atoms with Gasteiger partial charge in [0.25, 0.3) is 5.91 Å². The number of thiazole rings is 1. The minimum Gasteiger partial charge on any atom is -0.464 e. The summed E-state index contributed by atoms with van der Waals surface area (Å²) in [5.74, 6) is -1.11. The molecule has 4 aromatic heterocycles. The SMILES string of the molecule is CCn1c(-c2cccnc2[C@H](C)OC)c2c3cc(ccc31)-c1csc(n1)C[C@H](NC(=O)[C@@H]1[C@@H](C)[C@H]1c1ccccn1)C(=O)N1CCC[C@H](N1)C(=O)OCC(C)(C)C2. The number of aryl methyl sites for hydroxylation is 1. The number of nitrogens with zero attached hydrogens (tertiary/aromatic N) is 5. The van der Waals surface area contributed by atoms with E-state index in [2.05, 4.69) is 65.3 Å². The first-order valence-corrected chi connectivity index (χ1v) is 20.9. The molecular formula is C44H51N7O5S. The van der Waals surface area contributed by atoms with Crippen molar-refractivity contribution in [3.05, 3.63) is 88.3 Å². The van der Waals surface area contributed by atoms with E-state index in [9.17, 15) is 14.4 Å². The number of ether oxygens (including phenoxy) is 2. The van der Waals surface area contributed by atoms with Gasteiger partial charge in [0.1, 0.15) is 12.1 Å². The Hall–Kier alpha value is -4.98. The minimum atomic E-state index is -0.896. The average Bonchev–Trinajstić information content (AvgIpc) is 3.52. The summed E-state index contributed by atoms with van der Waals surface area (Å²) in [6, 6.07) is 14.7. The molecule has 3 aliphatic rings. The standard InChI is InChI=1S/C44H51N7O5S/c1-7-50-35-16-15-27-20-29(35)30(40(50)28-12-10-18-46-39(28)26(3)55-6)22-44(4,5)24-56-43(54)32-14-11-19-51(49-32)42(53)33(21-36-47-34(27)23-57-36)48-41(52)38-25(2)37(38)31-13-8-9-17-45-31/h8-10,12-13,15-18,20,23,25-26,32-33,37-38,49H,7,11,14,19,21-22,24H2,1-6H3,(H,48,52)/t25-,26-,32-,33-,37-,38+/m0/s1. The molecular weight excluding hydrogens is 739 g/mol. The summed E-state index contributed by atoms with van der Waals surface area (Å²) in [5, 5.41) is 8.44. The summed E-state index contributed by atoms with van der Waals surface area (Å²) in [5.41, 5.74) is 10.5. The highest BCUT2D eigenvalue weighted by Gasteiger charge is 2.54. The number of methoxy groups -OCH3 is 1. The largest absolute Gasteiger partial charge is 0.464 e. The number of benzene rings is 1. The fourth-order valence-corrected chi connectivity index (χ4v) is 9.57. The van der Waals surface area contributed by atoms with Crippen molar-refractivity contribution in [1.29, 1.82) is 0 Å². The molecule has 1 aromatic carbocycles. The zero-order chi connectivity index (χ0) is 40.0. The Morgan fingerprint density at radius 2 is 1.96 bits per heavy atom. The number of cyclic esters (lactones) is 1. The monoisotopic (exact) mass is 789 g/mol. The average molecular weight is 790 g/mol. The van der Waals surface area contributed by atoms with Crippen molar-refractivity contribution >= 4 is 40.0 Å². The van der Waals surface area contributed by atoms with Gasteiger partial charge in [-0.3, -0.25) is 29.4 Å². The van der Waals surface area contributed by atoms with E-state index in [1.165, 1.54) is 16.3 Å². The third kappa shape index (κ3) is 7.60. The lowest BCUT2D eigenvalue weighted by atomic mass is 9.84. The van der Waals surface area contributed by atoms with Crippen molar-refractivity contribution in [1.82, 2.24) is 35.3 Å². The predicted octanol–water partition coefficient (Wildman–Crippen LogP) is 6.65. The quantitative estimate of drug-likeness (QED) is 0.174. The normalized spacial score (nSPS) is 24.1. The van der Waals surface area contributed by atoms with Gasteiger partial charge in [-0.15, -0.1) is 11.3 Å². The van der Waals surface area contributed by atoms with Crippen molar-refractivity contribution in [2.75, 3.05) is 20.3 Å². The van der Waals surface area contributed by atoms with Crippen LogP contribution in [-0.2, 0) is 43.2 Å². The van der Waals surface area contributed by atoms with Crippen LogP contribution in [0, 0.1) is 17.3 Å². The molecule has 0 unspecified atom stereocenters. The summed E-state index contributed by atoms with van der Waals surface area (Å²) in [4.78, 5) is 56.4. The second-order valence-electron chi connectivity index (χ2n) is 16.4. The fraction of sp³-hybridized carbons (Fsp3) is 0.455. The van der Waals surface area contributed by atoms with Crippen molar-refractivity contribution in [2.24, 2.45) is 17.3 Å². The van der Waals surface area contributed by atoms with Crippen LogP contribution in [0.25, 0.3) is 33.4 Å². The highest BCUT2D eigenvalue weighted by Crippen LogP contribution is 2.53. The van der Waals surface area contributed by atoms with Crippen LogP contribution in [0.5, 0.6) is 0 Å². The maximum absolute atomic E-state index is 14.3. The molecule has 6 atom stereocenters. The van der Waals surface area contributed by atoms with Gasteiger partial charge in [0.2, 0.25) is 5.91 Å². The third-order valence-corrected chi connectivity index (χ3v) is 12.7. The third-order valence-electron chi connectivity index (χ3n) is 11.9. The van der Waals surface area contributed by atoms with Gasteiger partial charge in [-0.05, 0) is 81.0 Å². The van der Waals surface area contributed by atoms with E-state index in [1.807, 2.05) is 43.5 Å². The van der Waals surface area contributed by atoms with Gasteiger partial charge < -0.3 is 19.4 Å². The van der Waals surface area contributed by atoms with Gasteiger partial charge in [0.15, 0.2) is 0 Å². The van der Waals surface area contributed by atoms with Crippen molar-refractivity contribution < 1.29 is 23.9 Å². The number of hydrogen-bond acceptors (Lipinski definition) is 10. The number of amides is 2. The Morgan fingerprint density at radius 3 is 2.74 bits per heavy atom. The van der Waals surface area contributed by atoms with Gasteiger partial charge in [0, 0.05) is 89.4 Å². The van der Waals surface area contributed by atoms with Crippen LogP contribution < -0.4 is 10.7 Å². The highest BCUT2D eigenvalue weighted by atomic mass is 32.1. The van der Waals surface area contributed by atoms with E-state index in [0.29, 0.717) is 25.8 Å². The molecule has 298 valence electrons. The lowest BCUT2D eigenvalue weighted by molar-refractivity contribution is -0.155. The van der Waals surface area contributed by atoms with Crippen molar-refractivity contribution in [3.8, 4) is 22.5 Å². The number of rotatable bonds is 7. The fourth-order valence-electron chi connectivity index (χ4n) is 8.72. The summed E-state index contributed by atoms with van der Waals surface area (Å²) in [6.07, 6.45) is 5.28. The molecule has 0 spiro atoms. The van der Waals surface area contributed by atoms with E-state index >= 15 is 0 Å². The number of carbonyl (C=O) groups excluding carboxylic acids is 3. The zero-order valence-corrected chi connectivity index (χ0v) is 34.3. The molecule has 6 heterocycles. The van der Waals surface area contributed by atoms with Crippen LogP contribution in [0.3, 0.4) is 0 Å². The summed E-state index contributed by atoms with van der Waals surface area (Å²) >= 11 is 1.47. The molecule has 0 radical (unpaired) electrons. The number of esters is 1. The molecule has 2 N–H and O–H groups in total. The molecule has 1 saturated heterocycles. The number of aromatic nitrogens is 4. The van der Waals surface area contributed by atoms with Crippen LogP contribution in [0.1, 0.15) is 81.4 Å². The van der Waals surface area contributed by atoms with Gasteiger partial charge >= 0.3 is 5.97 Å². The summed E-state index contributed by atoms with van der Waals surface area (Å²) < 4.78 is 14.2. The van der Waals surface area contributed by atoms with Gasteiger partial charge in [-0.1, -0.05) is 32.9 Å². The molecule has 1 saturated carbocycles. The molecule has 1 aliphatic carbocycles. The first-order chi connectivity index (χ1) is 27.5. The molecule has 5 aromatic rings. The first-order valence-electron chi connectivity index (χ1n) is 20.0. The Bertz CT molecular complexity index is 2300. The Labute approximate surface area is 337 Å². The number of pyridine rings is 2. The molecule has 8 rings (SSSR count). The molecule has 57 heavy (non-hydrogen) atoms. The summed E-state index contributed by atoms with van der Waals surface area (Å²) in [6.45, 7) is 11.7. The lowest BCUT2D eigenvalue weighted by Gasteiger charge is -2.35. The number of hydrogen-bond donors (Lipinski definition) is 2. The number of hydrazine groups is 1. The molecule has 2 aliphatic heterocycles. The van der Waals surface area contributed by atoms with E-state index in [4.69, 9.17) is 19.4 Å². The van der Waals surface area contributed by atoms with Crippen LogP contribution in [0.2, 0.25) is 0 Å². The highest BCUT2D eigenvalue weighted by molar-refractivity contribution is 7.10. The van der Waals surface area contributed by atoms with Crippen molar-refractivity contribution in [3.63, 3.8) is 0 Å². The maximum Gasteiger partial charge on any atom is 0.324 e. The van der Waals surface area contributed by atoms with Crippen LogP contribution in [-0.4, -0.2) is 74.7 Å². The number of nitrogens with one attached hydrogen (secondary N) is 2. The minimum absolute atomic E-state index is 0.0143. The van der Waals surface area contributed by atoms with Crippen LogP contribution >= 0.6 is 11.3 Å². The Balaban J connectivity index is 1.20. The molecule has 6 bridgehead atoms. The predicted molar refractivity (Wildman–Crippen MR) is 219 cm³/mol. The second kappa shape index (κ2) is 15.8. The van der Waals surface area contributed by atoms with Crippen molar-refractivity contribution in [2.45, 2.75) is 91.0 Å². The first kappa shape index (κ1) is 38.9. The van der Waals surface area contributed by atoms with Gasteiger partial charge in [-0.25, -0.2) is 10.4 Å².